The van der Waals surface area contributed by atoms with Crippen molar-refractivity contribution in [1.82, 2.24) is 9.80 Å². The molecule has 0 N–H and O–H groups in total. The van der Waals surface area contributed by atoms with E-state index in [1.54, 1.807) is 0 Å². The Labute approximate surface area is 138 Å². The Morgan fingerprint density at radius 3 is 2.57 bits per heavy atom. The fourth-order valence-corrected chi connectivity index (χ4v) is 3.76. The third-order valence-corrected chi connectivity index (χ3v) is 5.13. The molecule has 1 amide bonds. The molecule has 2 fully saturated rings. The molecule has 3 rings (SSSR count). The van der Waals surface area contributed by atoms with Gasteiger partial charge in [-0.25, -0.2) is 0 Å². The number of hydrogen-bond donors (Lipinski definition) is 0. The maximum Gasteiger partial charge on any atom is 0.225 e. The van der Waals surface area contributed by atoms with E-state index in [1.807, 2.05) is 23.1 Å². The van der Waals surface area contributed by atoms with Crippen LogP contribution in [0.1, 0.15) is 37.7 Å². The Hall–Kier alpha value is -1.86. The molecule has 0 aromatic heterocycles. The molecule has 1 atom stereocenters. The monoisotopic (exact) mass is 311 g/mol. The van der Waals surface area contributed by atoms with Crippen LogP contribution in [0.25, 0.3) is 0 Å². The van der Waals surface area contributed by atoms with Crippen molar-refractivity contribution >= 4 is 5.91 Å². The highest BCUT2D eigenvalue weighted by atomic mass is 16.2. The lowest BCUT2D eigenvalue weighted by molar-refractivity contribution is -0.139. The first-order valence-corrected chi connectivity index (χ1v) is 8.74. The second-order valence-corrected chi connectivity index (χ2v) is 6.72. The SMILES string of the molecule is N#C[C@@H]1CN(C(=O)C2CCCCC2)CCN1Cc1ccccc1. The molecule has 0 unspecified atom stereocenters. The summed E-state index contributed by atoms with van der Waals surface area (Å²) in [5.74, 6) is 0.480. The zero-order valence-corrected chi connectivity index (χ0v) is 13.7. The number of nitriles is 1. The van der Waals surface area contributed by atoms with Crippen LogP contribution in [0.15, 0.2) is 30.3 Å². The minimum Gasteiger partial charge on any atom is -0.339 e. The first-order chi connectivity index (χ1) is 11.3. The summed E-state index contributed by atoms with van der Waals surface area (Å²) in [5, 5.41) is 9.52. The van der Waals surface area contributed by atoms with E-state index in [1.165, 1.54) is 24.8 Å². The molecule has 4 nitrogen and oxygen atoms in total. The van der Waals surface area contributed by atoms with Crippen LogP contribution in [0.3, 0.4) is 0 Å². The van der Waals surface area contributed by atoms with Gasteiger partial charge in [-0.15, -0.1) is 0 Å². The second-order valence-electron chi connectivity index (χ2n) is 6.72. The highest BCUT2D eigenvalue weighted by molar-refractivity contribution is 5.79. The van der Waals surface area contributed by atoms with E-state index < -0.39 is 0 Å². The molecule has 4 heteroatoms. The largest absolute Gasteiger partial charge is 0.339 e. The first kappa shape index (κ1) is 16.0. The zero-order valence-electron chi connectivity index (χ0n) is 13.7. The number of hydrogen-bond acceptors (Lipinski definition) is 3. The van der Waals surface area contributed by atoms with Gasteiger partial charge in [0.2, 0.25) is 5.91 Å². The minimum atomic E-state index is -0.198. The summed E-state index contributed by atoms with van der Waals surface area (Å²) in [4.78, 5) is 16.8. The van der Waals surface area contributed by atoms with Crippen LogP contribution in [0.2, 0.25) is 0 Å². The third-order valence-electron chi connectivity index (χ3n) is 5.13. The number of carbonyl (C=O) groups excluding carboxylic acids is 1. The molecule has 1 heterocycles. The van der Waals surface area contributed by atoms with E-state index >= 15 is 0 Å². The molecule has 1 saturated carbocycles. The minimum absolute atomic E-state index is 0.198. The summed E-state index contributed by atoms with van der Waals surface area (Å²) in [7, 11) is 0. The fourth-order valence-electron chi connectivity index (χ4n) is 3.76. The number of piperazine rings is 1. The molecule has 23 heavy (non-hydrogen) atoms. The van der Waals surface area contributed by atoms with Crippen LogP contribution in [-0.4, -0.2) is 41.4 Å². The standard InChI is InChI=1S/C19H25N3O/c20-13-18-15-22(19(23)17-9-5-2-6-10-17)12-11-21(18)14-16-7-3-1-4-8-16/h1,3-4,7-8,17-18H,2,5-6,9-12,14-15H2/t18-/m1/s1. The van der Waals surface area contributed by atoms with Crippen LogP contribution in [0.4, 0.5) is 0 Å². The lowest BCUT2D eigenvalue weighted by Gasteiger charge is -2.40. The highest BCUT2D eigenvalue weighted by Crippen LogP contribution is 2.26. The van der Waals surface area contributed by atoms with Gasteiger partial charge in [0.25, 0.3) is 0 Å². The predicted octanol–water partition coefficient (Wildman–Crippen LogP) is 2.80. The summed E-state index contributed by atoms with van der Waals surface area (Å²) in [6.07, 6.45) is 5.66. The van der Waals surface area contributed by atoms with Crippen molar-refractivity contribution in [3.05, 3.63) is 35.9 Å². The van der Waals surface area contributed by atoms with Crippen molar-refractivity contribution < 1.29 is 4.79 Å². The van der Waals surface area contributed by atoms with Crippen molar-refractivity contribution in [1.29, 1.82) is 5.26 Å². The number of rotatable bonds is 3. The Bertz CT molecular complexity index is 560. The van der Waals surface area contributed by atoms with E-state index in [0.29, 0.717) is 6.54 Å². The lowest BCUT2D eigenvalue weighted by Crippen LogP contribution is -2.55. The lowest BCUT2D eigenvalue weighted by atomic mass is 9.88. The van der Waals surface area contributed by atoms with E-state index in [2.05, 4.69) is 23.1 Å². The van der Waals surface area contributed by atoms with Crippen molar-refractivity contribution in [2.45, 2.75) is 44.7 Å². The highest BCUT2D eigenvalue weighted by Gasteiger charge is 2.33. The predicted molar refractivity (Wildman–Crippen MR) is 89.4 cm³/mol. The summed E-state index contributed by atoms with van der Waals surface area (Å²) >= 11 is 0. The van der Waals surface area contributed by atoms with Crippen LogP contribution in [0, 0.1) is 17.2 Å². The van der Waals surface area contributed by atoms with Crippen molar-refractivity contribution in [2.75, 3.05) is 19.6 Å². The van der Waals surface area contributed by atoms with Gasteiger partial charge in [0, 0.05) is 32.1 Å². The van der Waals surface area contributed by atoms with Gasteiger partial charge in [-0.3, -0.25) is 9.69 Å². The van der Waals surface area contributed by atoms with Gasteiger partial charge < -0.3 is 4.90 Å². The summed E-state index contributed by atoms with van der Waals surface area (Å²) < 4.78 is 0. The fraction of sp³-hybridized carbons (Fsp3) is 0.579. The van der Waals surface area contributed by atoms with E-state index in [9.17, 15) is 10.1 Å². The van der Waals surface area contributed by atoms with Crippen molar-refractivity contribution in [3.8, 4) is 6.07 Å². The average Bonchev–Trinajstić information content (AvgIpc) is 2.63. The van der Waals surface area contributed by atoms with E-state index in [0.717, 1.165) is 32.5 Å². The molecular weight excluding hydrogens is 286 g/mol. The van der Waals surface area contributed by atoms with Crippen LogP contribution in [0.5, 0.6) is 0 Å². The normalized spacial score (nSPS) is 23.4. The maximum atomic E-state index is 12.7. The van der Waals surface area contributed by atoms with E-state index in [4.69, 9.17) is 0 Å². The maximum absolute atomic E-state index is 12.7. The molecule has 0 bridgehead atoms. The molecule has 1 aromatic rings. The van der Waals surface area contributed by atoms with Crippen LogP contribution in [-0.2, 0) is 11.3 Å². The van der Waals surface area contributed by atoms with Gasteiger partial charge >= 0.3 is 0 Å². The molecule has 122 valence electrons. The Kier molecular flexibility index (Phi) is 5.30. The second kappa shape index (κ2) is 7.61. The van der Waals surface area contributed by atoms with Gasteiger partial charge in [0.1, 0.15) is 6.04 Å². The average molecular weight is 311 g/mol. The summed E-state index contributed by atoms with van der Waals surface area (Å²) in [6, 6.07) is 12.4. The number of amides is 1. The topological polar surface area (TPSA) is 47.3 Å². The molecular formula is C19H25N3O. The summed E-state index contributed by atoms with van der Waals surface area (Å²) in [5.41, 5.74) is 1.22. The smallest absolute Gasteiger partial charge is 0.225 e. The molecule has 1 aliphatic carbocycles. The molecule has 0 radical (unpaired) electrons. The molecule has 2 aliphatic rings. The quantitative estimate of drug-likeness (QED) is 0.862. The van der Waals surface area contributed by atoms with Crippen LogP contribution >= 0.6 is 0 Å². The molecule has 1 saturated heterocycles. The van der Waals surface area contributed by atoms with Crippen LogP contribution < -0.4 is 0 Å². The Balaban J connectivity index is 1.60. The van der Waals surface area contributed by atoms with E-state index in [-0.39, 0.29) is 17.9 Å². The Morgan fingerprint density at radius 1 is 1.13 bits per heavy atom. The number of nitrogens with zero attached hydrogens (tertiary/aromatic N) is 3. The summed E-state index contributed by atoms with van der Waals surface area (Å²) in [6.45, 7) is 2.87. The Morgan fingerprint density at radius 2 is 1.87 bits per heavy atom. The number of benzene rings is 1. The zero-order chi connectivity index (χ0) is 16.1. The van der Waals surface area contributed by atoms with Gasteiger partial charge in [-0.05, 0) is 18.4 Å². The number of carbonyl (C=O) groups is 1. The van der Waals surface area contributed by atoms with Gasteiger partial charge in [-0.2, -0.15) is 5.26 Å². The van der Waals surface area contributed by atoms with Gasteiger partial charge in [0.05, 0.1) is 6.07 Å². The van der Waals surface area contributed by atoms with Gasteiger partial charge in [-0.1, -0.05) is 49.6 Å². The third kappa shape index (κ3) is 3.92. The molecule has 0 spiro atoms. The van der Waals surface area contributed by atoms with Crippen molar-refractivity contribution in [3.63, 3.8) is 0 Å². The van der Waals surface area contributed by atoms with Crippen molar-refractivity contribution in [2.24, 2.45) is 5.92 Å². The molecule has 1 aliphatic heterocycles. The van der Waals surface area contributed by atoms with Gasteiger partial charge in [0.15, 0.2) is 0 Å². The first-order valence-electron chi connectivity index (χ1n) is 8.74. The molecule has 1 aromatic carbocycles.